The highest BCUT2D eigenvalue weighted by molar-refractivity contribution is 6.05. The van der Waals surface area contributed by atoms with Crippen molar-refractivity contribution in [3.05, 3.63) is 72.1 Å². The maximum absolute atomic E-state index is 13.2. The van der Waals surface area contributed by atoms with Gasteiger partial charge in [0.1, 0.15) is 0 Å². The molecule has 0 saturated carbocycles. The first-order valence-corrected chi connectivity index (χ1v) is 7.89. The SMILES string of the molecule is O=C(Nc1cc(NC(=O)C2NC=CN2)cc(C(F)(F)F)c1)c1ccccc1. The molecule has 0 unspecified atom stereocenters. The molecule has 1 aliphatic heterocycles. The van der Waals surface area contributed by atoms with Crippen LogP contribution in [0.2, 0.25) is 0 Å². The molecule has 2 amide bonds. The summed E-state index contributed by atoms with van der Waals surface area (Å²) in [6.07, 6.45) is -2.43. The fourth-order valence-corrected chi connectivity index (χ4v) is 2.43. The van der Waals surface area contributed by atoms with Crippen LogP contribution in [0.5, 0.6) is 0 Å². The smallest absolute Gasteiger partial charge is 0.362 e. The Morgan fingerprint density at radius 3 is 2.07 bits per heavy atom. The summed E-state index contributed by atoms with van der Waals surface area (Å²) in [5, 5.41) is 10.2. The Balaban J connectivity index is 1.84. The van der Waals surface area contributed by atoms with Crippen molar-refractivity contribution < 1.29 is 22.8 Å². The normalized spacial score (nSPS) is 13.6. The van der Waals surface area contributed by atoms with Gasteiger partial charge in [0.15, 0.2) is 6.17 Å². The van der Waals surface area contributed by atoms with Crippen LogP contribution in [0.3, 0.4) is 0 Å². The standard InChI is InChI=1S/C18H15F3N4O2/c19-18(20,21)12-8-13(24-16(26)11-4-2-1-3-5-11)10-14(9-12)25-17(27)15-22-6-7-23-15/h1-10,15,22-23H,(H,24,26)(H,25,27). The van der Waals surface area contributed by atoms with Crippen molar-refractivity contribution in [3.63, 3.8) is 0 Å². The maximum atomic E-state index is 13.2. The van der Waals surface area contributed by atoms with Crippen LogP contribution in [0.25, 0.3) is 0 Å². The second-order valence-corrected chi connectivity index (χ2v) is 5.71. The van der Waals surface area contributed by atoms with Crippen molar-refractivity contribution in [2.75, 3.05) is 10.6 Å². The van der Waals surface area contributed by atoms with Gasteiger partial charge in [0.25, 0.3) is 11.8 Å². The predicted molar refractivity (Wildman–Crippen MR) is 93.7 cm³/mol. The van der Waals surface area contributed by atoms with E-state index in [4.69, 9.17) is 0 Å². The molecular formula is C18H15F3N4O2. The van der Waals surface area contributed by atoms with Crippen molar-refractivity contribution in [1.82, 2.24) is 10.6 Å². The summed E-state index contributed by atoms with van der Waals surface area (Å²) in [5.74, 6) is -1.13. The van der Waals surface area contributed by atoms with Gasteiger partial charge in [0, 0.05) is 29.3 Å². The van der Waals surface area contributed by atoms with E-state index in [2.05, 4.69) is 21.3 Å². The van der Waals surface area contributed by atoms with Gasteiger partial charge in [0.05, 0.1) is 5.56 Å². The van der Waals surface area contributed by atoms with E-state index in [1.807, 2.05) is 0 Å². The Labute approximate surface area is 152 Å². The Bertz CT molecular complexity index is 874. The summed E-state index contributed by atoms with van der Waals surface area (Å²) in [7, 11) is 0. The monoisotopic (exact) mass is 376 g/mol. The minimum atomic E-state index is -4.64. The summed E-state index contributed by atoms with van der Waals surface area (Å²) >= 11 is 0. The zero-order valence-electron chi connectivity index (χ0n) is 13.8. The van der Waals surface area contributed by atoms with Gasteiger partial charge < -0.3 is 21.3 Å². The number of amides is 2. The Morgan fingerprint density at radius 2 is 1.48 bits per heavy atom. The Kier molecular flexibility index (Phi) is 5.02. The molecule has 3 rings (SSSR count). The van der Waals surface area contributed by atoms with Gasteiger partial charge in [-0.3, -0.25) is 9.59 Å². The number of nitrogens with one attached hydrogen (secondary N) is 4. The highest BCUT2D eigenvalue weighted by Crippen LogP contribution is 2.33. The van der Waals surface area contributed by atoms with E-state index < -0.39 is 29.7 Å². The molecule has 0 spiro atoms. The number of rotatable bonds is 4. The summed E-state index contributed by atoms with van der Waals surface area (Å²) in [5.41, 5.74) is -0.867. The largest absolute Gasteiger partial charge is 0.416 e. The lowest BCUT2D eigenvalue weighted by Crippen LogP contribution is -2.42. The zero-order valence-corrected chi connectivity index (χ0v) is 13.8. The van der Waals surface area contributed by atoms with Gasteiger partial charge in [-0.15, -0.1) is 0 Å². The zero-order chi connectivity index (χ0) is 19.4. The van der Waals surface area contributed by atoms with Crippen LogP contribution in [0, 0.1) is 0 Å². The molecule has 0 bridgehead atoms. The average Bonchev–Trinajstić information content (AvgIpc) is 3.16. The number of alkyl halides is 3. The van der Waals surface area contributed by atoms with E-state index in [0.29, 0.717) is 5.56 Å². The molecule has 27 heavy (non-hydrogen) atoms. The number of halogens is 3. The van der Waals surface area contributed by atoms with E-state index in [9.17, 15) is 22.8 Å². The van der Waals surface area contributed by atoms with Gasteiger partial charge in [0.2, 0.25) is 0 Å². The molecule has 140 valence electrons. The fourth-order valence-electron chi connectivity index (χ4n) is 2.43. The molecule has 0 atom stereocenters. The first kappa shape index (κ1) is 18.3. The van der Waals surface area contributed by atoms with Gasteiger partial charge in [-0.2, -0.15) is 13.2 Å². The molecule has 1 aliphatic rings. The first-order valence-electron chi connectivity index (χ1n) is 7.89. The van der Waals surface area contributed by atoms with E-state index in [0.717, 1.165) is 12.1 Å². The van der Waals surface area contributed by atoms with E-state index in [1.54, 1.807) is 18.2 Å². The van der Waals surface area contributed by atoms with Crippen molar-refractivity contribution in [1.29, 1.82) is 0 Å². The number of carbonyl (C=O) groups is 2. The molecule has 4 N–H and O–H groups in total. The Hall–Kier alpha value is -3.49. The van der Waals surface area contributed by atoms with Crippen molar-refractivity contribution in [2.45, 2.75) is 12.3 Å². The molecule has 2 aromatic carbocycles. The number of benzene rings is 2. The van der Waals surface area contributed by atoms with Crippen LogP contribution in [0.15, 0.2) is 60.9 Å². The predicted octanol–water partition coefficient (Wildman–Crippen LogP) is 2.89. The first-order chi connectivity index (χ1) is 12.8. The minimum absolute atomic E-state index is 0.0838. The van der Waals surface area contributed by atoms with Crippen LogP contribution < -0.4 is 21.3 Å². The van der Waals surface area contributed by atoms with Gasteiger partial charge in [-0.05, 0) is 30.3 Å². The topological polar surface area (TPSA) is 82.3 Å². The van der Waals surface area contributed by atoms with Crippen LogP contribution in [-0.4, -0.2) is 18.0 Å². The number of hydrogen-bond acceptors (Lipinski definition) is 4. The fraction of sp³-hybridized carbons (Fsp3) is 0.111. The average molecular weight is 376 g/mol. The molecule has 0 saturated heterocycles. The van der Waals surface area contributed by atoms with Crippen LogP contribution in [-0.2, 0) is 11.0 Å². The number of hydrogen-bond donors (Lipinski definition) is 4. The van der Waals surface area contributed by atoms with Crippen LogP contribution in [0.1, 0.15) is 15.9 Å². The van der Waals surface area contributed by atoms with E-state index in [-0.39, 0.29) is 11.4 Å². The summed E-state index contributed by atoms with van der Waals surface area (Å²) in [6, 6.07) is 10.9. The minimum Gasteiger partial charge on any atom is -0.362 e. The molecule has 0 fully saturated rings. The molecular weight excluding hydrogens is 361 g/mol. The van der Waals surface area contributed by atoms with Crippen molar-refractivity contribution >= 4 is 23.2 Å². The molecule has 9 heteroatoms. The lowest BCUT2D eigenvalue weighted by atomic mass is 10.1. The van der Waals surface area contributed by atoms with Crippen LogP contribution >= 0.6 is 0 Å². The highest BCUT2D eigenvalue weighted by atomic mass is 19.4. The maximum Gasteiger partial charge on any atom is 0.416 e. The molecule has 0 aromatic heterocycles. The molecule has 2 aromatic rings. The lowest BCUT2D eigenvalue weighted by molar-refractivity contribution is -0.137. The third-order valence-electron chi connectivity index (χ3n) is 3.69. The van der Waals surface area contributed by atoms with Gasteiger partial charge in [-0.25, -0.2) is 0 Å². The summed E-state index contributed by atoms with van der Waals surface area (Å²) < 4.78 is 39.6. The third kappa shape index (κ3) is 4.57. The molecule has 0 aliphatic carbocycles. The summed E-state index contributed by atoms with van der Waals surface area (Å²) in [4.78, 5) is 24.3. The quantitative estimate of drug-likeness (QED) is 0.661. The molecule has 0 radical (unpaired) electrons. The summed E-state index contributed by atoms with van der Waals surface area (Å²) in [6.45, 7) is 0. The second kappa shape index (κ2) is 7.40. The van der Waals surface area contributed by atoms with E-state index in [1.165, 1.54) is 30.6 Å². The lowest BCUT2D eigenvalue weighted by Gasteiger charge is -2.16. The number of anilines is 2. The van der Waals surface area contributed by atoms with Crippen molar-refractivity contribution in [3.8, 4) is 0 Å². The third-order valence-corrected chi connectivity index (χ3v) is 3.69. The van der Waals surface area contributed by atoms with Gasteiger partial charge in [-0.1, -0.05) is 18.2 Å². The number of carbonyl (C=O) groups excluding carboxylic acids is 2. The van der Waals surface area contributed by atoms with Crippen LogP contribution in [0.4, 0.5) is 24.5 Å². The van der Waals surface area contributed by atoms with Gasteiger partial charge >= 0.3 is 6.18 Å². The van der Waals surface area contributed by atoms with E-state index >= 15 is 0 Å². The van der Waals surface area contributed by atoms with Crippen molar-refractivity contribution in [2.24, 2.45) is 0 Å². The molecule has 1 heterocycles. The molecule has 6 nitrogen and oxygen atoms in total. The highest BCUT2D eigenvalue weighted by Gasteiger charge is 2.32. The Morgan fingerprint density at radius 1 is 0.889 bits per heavy atom. The second-order valence-electron chi connectivity index (χ2n) is 5.71.